The van der Waals surface area contributed by atoms with E-state index in [4.69, 9.17) is 13.9 Å². The van der Waals surface area contributed by atoms with Gasteiger partial charge in [0.15, 0.2) is 11.5 Å². The highest BCUT2D eigenvalue weighted by atomic mass is 32.2. The molecule has 1 aliphatic heterocycles. The van der Waals surface area contributed by atoms with Crippen LogP contribution in [0.15, 0.2) is 70.2 Å². The Labute approximate surface area is 180 Å². The fourth-order valence-corrected chi connectivity index (χ4v) is 4.31. The molecule has 2 heterocycles. The number of hydrogen-bond acceptors (Lipinski definition) is 6. The molecule has 2 aromatic carbocycles. The number of amides is 1. The molecule has 0 aliphatic carbocycles. The molecule has 1 N–H and O–H groups in total. The third-order valence-electron chi connectivity index (χ3n) is 4.77. The van der Waals surface area contributed by atoms with Gasteiger partial charge in [-0.3, -0.25) is 4.79 Å². The van der Waals surface area contributed by atoms with Crippen molar-refractivity contribution in [1.82, 2.24) is 4.31 Å². The van der Waals surface area contributed by atoms with Gasteiger partial charge in [-0.05, 0) is 42.5 Å². The quantitative estimate of drug-likeness (QED) is 0.627. The van der Waals surface area contributed by atoms with Crippen molar-refractivity contribution in [2.45, 2.75) is 17.9 Å². The second-order valence-electron chi connectivity index (χ2n) is 7.03. The molecule has 0 bridgehead atoms. The van der Waals surface area contributed by atoms with Gasteiger partial charge in [0.05, 0.1) is 30.9 Å². The second-order valence-corrected chi connectivity index (χ2v) is 9.08. The molecule has 31 heavy (non-hydrogen) atoms. The summed E-state index contributed by atoms with van der Waals surface area (Å²) in [6.45, 7) is 1.20. The summed E-state index contributed by atoms with van der Waals surface area (Å²) in [4.78, 5) is 12.8. The van der Waals surface area contributed by atoms with Crippen LogP contribution in [0.2, 0.25) is 0 Å². The molecule has 0 saturated heterocycles. The summed E-state index contributed by atoms with van der Waals surface area (Å²) in [7, 11) is -2.34. The van der Waals surface area contributed by atoms with Crippen molar-refractivity contribution in [2.24, 2.45) is 0 Å². The Morgan fingerprint density at radius 2 is 1.84 bits per heavy atom. The van der Waals surface area contributed by atoms with Crippen LogP contribution in [0.25, 0.3) is 0 Å². The molecule has 0 radical (unpaired) electrons. The molecule has 9 heteroatoms. The number of ether oxygens (including phenoxy) is 2. The van der Waals surface area contributed by atoms with Gasteiger partial charge in [-0.2, -0.15) is 4.31 Å². The lowest BCUT2D eigenvalue weighted by molar-refractivity contribution is 0.102. The number of carbonyl (C=O) groups is 1. The second kappa shape index (κ2) is 8.83. The zero-order valence-corrected chi connectivity index (χ0v) is 17.7. The molecule has 0 spiro atoms. The molecule has 8 nitrogen and oxygen atoms in total. The average Bonchev–Trinajstić information content (AvgIpc) is 3.16. The Morgan fingerprint density at radius 3 is 2.61 bits per heavy atom. The smallest absolute Gasteiger partial charge is 0.255 e. The number of anilines is 1. The van der Waals surface area contributed by atoms with Gasteiger partial charge in [-0.15, -0.1) is 0 Å². The fourth-order valence-electron chi connectivity index (χ4n) is 3.13. The van der Waals surface area contributed by atoms with Crippen molar-refractivity contribution >= 4 is 21.6 Å². The highest BCUT2D eigenvalue weighted by Gasteiger charge is 2.23. The Kier molecular flexibility index (Phi) is 5.97. The van der Waals surface area contributed by atoms with Crippen molar-refractivity contribution in [2.75, 3.05) is 25.6 Å². The van der Waals surface area contributed by atoms with Crippen molar-refractivity contribution in [3.05, 3.63) is 72.2 Å². The van der Waals surface area contributed by atoms with Crippen LogP contribution in [0.5, 0.6) is 11.5 Å². The van der Waals surface area contributed by atoms with Crippen LogP contribution in [-0.4, -0.2) is 38.9 Å². The van der Waals surface area contributed by atoms with E-state index in [0.29, 0.717) is 36.2 Å². The maximum absolute atomic E-state index is 12.9. The number of carbonyl (C=O) groups excluding carboxylic acids is 1. The van der Waals surface area contributed by atoms with Gasteiger partial charge in [0.2, 0.25) is 10.0 Å². The van der Waals surface area contributed by atoms with E-state index in [0.717, 1.165) is 6.42 Å². The van der Waals surface area contributed by atoms with Gasteiger partial charge >= 0.3 is 0 Å². The van der Waals surface area contributed by atoms with E-state index >= 15 is 0 Å². The summed E-state index contributed by atoms with van der Waals surface area (Å²) in [5.41, 5.74) is 0.747. The van der Waals surface area contributed by atoms with E-state index in [1.807, 2.05) is 0 Å². The third-order valence-corrected chi connectivity index (χ3v) is 6.57. The number of nitrogens with zero attached hydrogens (tertiary/aromatic N) is 1. The monoisotopic (exact) mass is 442 g/mol. The lowest BCUT2D eigenvalue weighted by Crippen LogP contribution is -2.26. The van der Waals surface area contributed by atoms with E-state index in [1.165, 1.54) is 35.8 Å². The standard InChI is InChI=1S/C22H22N2O6S/c1-24(15-18-6-3-10-28-18)31(26,27)19-7-2-5-16(13-19)22(25)23-17-8-9-20-21(14-17)30-12-4-11-29-20/h2-3,5-10,13-14H,4,11-12,15H2,1H3,(H,23,25). The van der Waals surface area contributed by atoms with Crippen molar-refractivity contribution in [3.8, 4) is 11.5 Å². The van der Waals surface area contributed by atoms with Gasteiger partial charge in [-0.25, -0.2) is 8.42 Å². The SMILES string of the molecule is CN(Cc1ccco1)S(=O)(=O)c1cccc(C(=O)Nc2ccc3c(c2)OCCCO3)c1. The minimum atomic E-state index is -3.80. The summed E-state index contributed by atoms with van der Waals surface area (Å²) in [6.07, 6.45) is 2.27. The van der Waals surface area contributed by atoms with Gasteiger partial charge in [0.25, 0.3) is 5.91 Å². The van der Waals surface area contributed by atoms with Crippen molar-refractivity contribution in [3.63, 3.8) is 0 Å². The zero-order chi connectivity index (χ0) is 21.8. The molecule has 162 valence electrons. The highest BCUT2D eigenvalue weighted by molar-refractivity contribution is 7.89. The molecule has 1 aromatic heterocycles. The third kappa shape index (κ3) is 4.73. The predicted molar refractivity (Wildman–Crippen MR) is 114 cm³/mol. The minimum Gasteiger partial charge on any atom is -0.490 e. The maximum atomic E-state index is 12.9. The molecule has 0 atom stereocenters. The Balaban J connectivity index is 1.51. The first-order valence-electron chi connectivity index (χ1n) is 9.73. The number of fused-ring (bicyclic) bond motifs is 1. The summed E-state index contributed by atoms with van der Waals surface area (Å²) < 4.78 is 43.4. The first kappa shape index (κ1) is 21.0. The van der Waals surface area contributed by atoms with E-state index < -0.39 is 15.9 Å². The first-order chi connectivity index (χ1) is 14.9. The number of sulfonamides is 1. The molecule has 1 amide bonds. The van der Waals surface area contributed by atoms with E-state index in [-0.39, 0.29) is 17.0 Å². The van der Waals surface area contributed by atoms with Gasteiger partial charge in [0, 0.05) is 30.8 Å². The Morgan fingerprint density at radius 1 is 1.03 bits per heavy atom. The highest BCUT2D eigenvalue weighted by Crippen LogP contribution is 2.32. The summed E-state index contributed by atoms with van der Waals surface area (Å²) in [5.74, 6) is 1.28. The van der Waals surface area contributed by atoms with E-state index in [9.17, 15) is 13.2 Å². The molecule has 0 saturated carbocycles. The van der Waals surface area contributed by atoms with Gasteiger partial charge < -0.3 is 19.2 Å². The molecular weight excluding hydrogens is 420 g/mol. The van der Waals surface area contributed by atoms with Crippen molar-refractivity contribution in [1.29, 1.82) is 0 Å². The lowest BCUT2D eigenvalue weighted by atomic mass is 10.2. The van der Waals surface area contributed by atoms with Crippen molar-refractivity contribution < 1.29 is 27.1 Å². The summed E-state index contributed by atoms with van der Waals surface area (Å²) >= 11 is 0. The normalized spacial score (nSPS) is 13.6. The van der Waals surface area contributed by atoms with Gasteiger partial charge in [-0.1, -0.05) is 6.07 Å². The molecule has 1 aliphatic rings. The number of furan rings is 1. The molecule has 3 aromatic rings. The first-order valence-corrected chi connectivity index (χ1v) is 11.2. The zero-order valence-electron chi connectivity index (χ0n) is 16.9. The summed E-state index contributed by atoms with van der Waals surface area (Å²) in [6, 6.07) is 14.4. The molecule has 0 unspecified atom stereocenters. The fraction of sp³-hybridized carbons (Fsp3) is 0.227. The van der Waals surface area contributed by atoms with Crippen LogP contribution in [0.4, 0.5) is 5.69 Å². The number of benzene rings is 2. The molecule has 0 fully saturated rings. The van der Waals surface area contributed by atoms with Crippen LogP contribution in [0.3, 0.4) is 0 Å². The average molecular weight is 442 g/mol. The minimum absolute atomic E-state index is 0.0212. The summed E-state index contributed by atoms with van der Waals surface area (Å²) in [5, 5.41) is 2.78. The van der Waals surface area contributed by atoms with Crippen LogP contribution in [-0.2, 0) is 16.6 Å². The number of hydrogen-bond donors (Lipinski definition) is 1. The van der Waals surface area contributed by atoms with Gasteiger partial charge in [0.1, 0.15) is 5.76 Å². The van der Waals surface area contributed by atoms with E-state index in [2.05, 4.69) is 5.32 Å². The van der Waals surface area contributed by atoms with Crippen LogP contribution in [0, 0.1) is 0 Å². The topological polar surface area (TPSA) is 98.1 Å². The number of rotatable bonds is 6. The van der Waals surface area contributed by atoms with E-state index in [1.54, 1.807) is 36.4 Å². The maximum Gasteiger partial charge on any atom is 0.255 e. The van der Waals surface area contributed by atoms with Crippen LogP contribution >= 0.6 is 0 Å². The van der Waals surface area contributed by atoms with Crippen LogP contribution < -0.4 is 14.8 Å². The molecular formula is C22H22N2O6S. The Bertz CT molecular complexity index is 1170. The predicted octanol–water partition coefficient (Wildman–Crippen LogP) is 3.51. The largest absolute Gasteiger partial charge is 0.490 e. The lowest BCUT2D eigenvalue weighted by Gasteiger charge is -2.16. The Hall–Kier alpha value is -3.30. The van der Waals surface area contributed by atoms with Crippen LogP contribution in [0.1, 0.15) is 22.5 Å². The molecule has 4 rings (SSSR count). The number of nitrogens with one attached hydrogen (secondary N) is 1.